The fourth-order valence-electron chi connectivity index (χ4n) is 1.18. The van der Waals surface area contributed by atoms with Crippen molar-refractivity contribution in [3.8, 4) is 5.75 Å². The number of methoxy groups -OCH3 is 1. The van der Waals surface area contributed by atoms with E-state index in [1.807, 2.05) is 0 Å². The third kappa shape index (κ3) is 2.03. The summed E-state index contributed by atoms with van der Waals surface area (Å²) in [6, 6.07) is 4.73. The molecular weight excluding hydrogens is 182 g/mol. The lowest BCUT2D eigenvalue weighted by Crippen LogP contribution is -2.08. The SMILES string of the molecule is COc1ccc(C(C)N)cc1C(=O)O. The summed E-state index contributed by atoms with van der Waals surface area (Å²) in [7, 11) is 1.44. The molecule has 0 aliphatic rings. The van der Waals surface area contributed by atoms with Crippen molar-refractivity contribution in [2.45, 2.75) is 13.0 Å². The molecule has 0 saturated carbocycles. The highest BCUT2D eigenvalue weighted by molar-refractivity contribution is 5.91. The molecule has 14 heavy (non-hydrogen) atoms. The summed E-state index contributed by atoms with van der Waals surface area (Å²) in [6.45, 7) is 1.80. The maximum atomic E-state index is 10.8. The molecular formula is C10H13NO3. The summed E-state index contributed by atoms with van der Waals surface area (Å²) >= 11 is 0. The molecule has 0 aliphatic heterocycles. The zero-order valence-electron chi connectivity index (χ0n) is 8.15. The molecule has 0 fully saturated rings. The Hall–Kier alpha value is -1.55. The maximum Gasteiger partial charge on any atom is 0.339 e. The molecule has 0 bridgehead atoms. The molecule has 0 spiro atoms. The van der Waals surface area contributed by atoms with Crippen LogP contribution in [0, 0.1) is 0 Å². The van der Waals surface area contributed by atoms with E-state index in [2.05, 4.69) is 0 Å². The molecule has 0 heterocycles. The number of rotatable bonds is 3. The first-order valence-corrected chi connectivity index (χ1v) is 4.23. The Morgan fingerprint density at radius 3 is 2.64 bits per heavy atom. The van der Waals surface area contributed by atoms with E-state index >= 15 is 0 Å². The van der Waals surface area contributed by atoms with Gasteiger partial charge in [0.2, 0.25) is 0 Å². The first-order chi connectivity index (χ1) is 6.56. The lowest BCUT2D eigenvalue weighted by molar-refractivity contribution is 0.0693. The standard InChI is InChI=1S/C10H13NO3/c1-6(11)7-3-4-9(14-2)8(5-7)10(12)13/h3-6H,11H2,1-2H3,(H,12,13). The average Bonchev–Trinajstić information content (AvgIpc) is 2.16. The zero-order valence-corrected chi connectivity index (χ0v) is 8.15. The van der Waals surface area contributed by atoms with Crippen LogP contribution in [0.3, 0.4) is 0 Å². The minimum absolute atomic E-state index is 0.141. The third-order valence-corrected chi connectivity index (χ3v) is 1.98. The van der Waals surface area contributed by atoms with Crippen molar-refractivity contribution in [3.63, 3.8) is 0 Å². The van der Waals surface area contributed by atoms with Crippen LogP contribution in [0.5, 0.6) is 5.75 Å². The zero-order chi connectivity index (χ0) is 10.7. The van der Waals surface area contributed by atoms with Gasteiger partial charge in [0, 0.05) is 6.04 Å². The fraction of sp³-hybridized carbons (Fsp3) is 0.300. The highest BCUT2D eigenvalue weighted by atomic mass is 16.5. The van der Waals surface area contributed by atoms with Crippen LogP contribution in [0.4, 0.5) is 0 Å². The lowest BCUT2D eigenvalue weighted by atomic mass is 10.1. The van der Waals surface area contributed by atoms with Gasteiger partial charge in [0.25, 0.3) is 0 Å². The molecule has 0 saturated heterocycles. The van der Waals surface area contributed by atoms with Crippen molar-refractivity contribution >= 4 is 5.97 Å². The minimum Gasteiger partial charge on any atom is -0.496 e. The Labute approximate surface area is 82.3 Å². The normalized spacial score (nSPS) is 12.2. The monoisotopic (exact) mass is 195 g/mol. The highest BCUT2D eigenvalue weighted by Crippen LogP contribution is 2.22. The topological polar surface area (TPSA) is 72.5 Å². The number of nitrogens with two attached hydrogens (primary N) is 1. The first-order valence-electron chi connectivity index (χ1n) is 4.23. The molecule has 0 aromatic heterocycles. The fourth-order valence-corrected chi connectivity index (χ4v) is 1.18. The summed E-state index contributed by atoms with van der Waals surface area (Å²) in [5.74, 6) is -0.661. The number of carboxylic acid groups (broad SMARTS) is 1. The first kappa shape index (κ1) is 10.5. The van der Waals surface area contributed by atoms with Crippen molar-refractivity contribution in [2.75, 3.05) is 7.11 Å². The van der Waals surface area contributed by atoms with Gasteiger partial charge in [-0.25, -0.2) is 4.79 Å². The third-order valence-electron chi connectivity index (χ3n) is 1.98. The number of ether oxygens (including phenoxy) is 1. The Balaban J connectivity index is 3.21. The van der Waals surface area contributed by atoms with Crippen LogP contribution < -0.4 is 10.5 Å². The van der Waals surface area contributed by atoms with Gasteiger partial charge < -0.3 is 15.6 Å². The Kier molecular flexibility index (Phi) is 3.09. The number of aromatic carboxylic acids is 1. The molecule has 4 nitrogen and oxygen atoms in total. The van der Waals surface area contributed by atoms with E-state index < -0.39 is 5.97 Å². The molecule has 0 radical (unpaired) electrons. The summed E-state index contributed by atoms with van der Waals surface area (Å²) in [4.78, 5) is 10.8. The second-order valence-corrected chi connectivity index (χ2v) is 3.05. The van der Waals surface area contributed by atoms with Gasteiger partial charge >= 0.3 is 5.97 Å². The van der Waals surface area contributed by atoms with E-state index in [0.717, 1.165) is 5.56 Å². The van der Waals surface area contributed by atoms with E-state index in [1.54, 1.807) is 19.1 Å². The second-order valence-electron chi connectivity index (χ2n) is 3.05. The quantitative estimate of drug-likeness (QED) is 0.764. The Morgan fingerprint density at radius 1 is 1.57 bits per heavy atom. The molecule has 3 N–H and O–H groups in total. The molecule has 1 atom stereocenters. The van der Waals surface area contributed by atoms with E-state index in [4.69, 9.17) is 15.6 Å². The van der Waals surface area contributed by atoms with Gasteiger partial charge in [-0.3, -0.25) is 0 Å². The van der Waals surface area contributed by atoms with Crippen LogP contribution in [0.25, 0.3) is 0 Å². The minimum atomic E-state index is -1.01. The number of hydrogen-bond donors (Lipinski definition) is 2. The van der Waals surface area contributed by atoms with Gasteiger partial charge in [0.05, 0.1) is 7.11 Å². The highest BCUT2D eigenvalue weighted by Gasteiger charge is 2.12. The van der Waals surface area contributed by atoms with Gasteiger partial charge in [-0.15, -0.1) is 0 Å². The van der Waals surface area contributed by atoms with E-state index in [-0.39, 0.29) is 11.6 Å². The predicted octanol–water partition coefficient (Wildman–Crippen LogP) is 1.41. The smallest absolute Gasteiger partial charge is 0.339 e. The van der Waals surface area contributed by atoms with Crippen LogP contribution in [0.1, 0.15) is 28.9 Å². The molecule has 0 aliphatic carbocycles. The summed E-state index contributed by atoms with van der Waals surface area (Å²) < 4.78 is 4.92. The maximum absolute atomic E-state index is 10.8. The van der Waals surface area contributed by atoms with Crippen LogP contribution in [0.2, 0.25) is 0 Å². The van der Waals surface area contributed by atoms with Crippen LogP contribution >= 0.6 is 0 Å². The molecule has 1 aromatic carbocycles. The molecule has 1 unspecified atom stereocenters. The molecule has 0 amide bonds. The van der Waals surface area contributed by atoms with Gasteiger partial charge in [0.1, 0.15) is 11.3 Å². The second kappa shape index (κ2) is 4.11. The summed E-state index contributed by atoms with van der Waals surface area (Å²) in [5.41, 5.74) is 6.56. The number of benzene rings is 1. The lowest BCUT2D eigenvalue weighted by Gasteiger charge is -2.09. The van der Waals surface area contributed by atoms with Gasteiger partial charge in [-0.05, 0) is 24.6 Å². The summed E-state index contributed by atoms with van der Waals surface area (Å²) in [6.07, 6.45) is 0. The summed E-state index contributed by atoms with van der Waals surface area (Å²) in [5, 5.41) is 8.88. The Morgan fingerprint density at radius 2 is 2.21 bits per heavy atom. The van der Waals surface area contributed by atoms with Crippen molar-refractivity contribution in [3.05, 3.63) is 29.3 Å². The number of carboxylic acids is 1. The van der Waals surface area contributed by atoms with Gasteiger partial charge in [0.15, 0.2) is 0 Å². The van der Waals surface area contributed by atoms with E-state index in [9.17, 15) is 4.79 Å². The Bertz CT molecular complexity index is 347. The van der Waals surface area contributed by atoms with Crippen molar-refractivity contribution in [2.24, 2.45) is 5.73 Å². The van der Waals surface area contributed by atoms with Crippen LogP contribution in [-0.2, 0) is 0 Å². The molecule has 76 valence electrons. The van der Waals surface area contributed by atoms with Crippen molar-refractivity contribution in [1.82, 2.24) is 0 Å². The van der Waals surface area contributed by atoms with Crippen molar-refractivity contribution < 1.29 is 14.6 Å². The van der Waals surface area contributed by atoms with E-state index in [0.29, 0.717) is 5.75 Å². The van der Waals surface area contributed by atoms with Crippen LogP contribution in [0.15, 0.2) is 18.2 Å². The van der Waals surface area contributed by atoms with Gasteiger partial charge in [-0.2, -0.15) is 0 Å². The molecule has 1 aromatic rings. The number of carbonyl (C=O) groups is 1. The van der Waals surface area contributed by atoms with Gasteiger partial charge in [-0.1, -0.05) is 6.07 Å². The van der Waals surface area contributed by atoms with Crippen molar-refractivity contribution in [1.29, 1.82) is 0 Å². The van der Waals surface area contributed by atoms with E-state index in [1.165, 1.54) is 13.2 Å². The number of hydrogen-bond acceptors (Lipinski definition) is 3. The molecule has 4 heteroatoms. The largest absolute Gasteiger partial charge is 0.496 e. The predicted molar refractivity (Wildman–Crippen MR) is 52.6 cm³/mol. The average molecular weight is 195 g/mol. The molecule has 1 rings (SSSR count). The van der Waals surface area contributed by atoms with Crippen LogP contribution in [-0.4, -0.2) is 18.2 Å².